The van der Waals surface area contributed by atoms with Crippen LogP contribution in [-0.2, 0) is 11.3 Å². The number of rotatable bonds is 5. The number of amides is 1. The number of aliphatic hydroxyl groups is 1. The van der Waals surface area contributed by atoms with Gasteiger partial charge in [-0.05, 0) is 43.2 Å². The summed E-state index contributed by atoms with van der Waals surface area (Å²) in [7, 11) is 0. The van der Waals surface area contributed by atoms with Gasteiger partial charge in [0.1, 0.15) is 0 Å². The summed E-state index contributed by atoms with van der Waals surface area (Å²) in [6, 6.07) is 14.1. The number of hydrogen-bond acceptors (Lipinski definition) is 4. The molecular weight excluding hydrogens is 344 g/mol. The Morgan fingerprint density at radius 1 is 1.27 bits per heavy atom. The average molecular weight is 371 g/mol. The minimum atomic E-state index is -0.920. The van der Waals surface area contributed by atoms with Gasteiger partial charge in [-0.25, -0.2) is 0 Å². The van der Waals surface area contributed by atoms with Crippen molar-refractivity contribution in [1.82, 2.24) is 10.2 Å². The lowest BCUT2D eigenvalue weighted by Crippen LogP contribution is -2.62. The number of nitrogens with zero attached hydrogens (tertiary/aromatic N) is 1. The van der Waals surface area contributed by atoms with Crippen molar-refractivity contribution in [2.75, 3.05) is 6.54 Å². The average Bonchev–Trinajstić information content (AvgIpc) is 3.36. The van der Waals surface area contributed by atoms with Crippen LogP contribution in [0.5, 0.6) is 0 Å². The normalized spacial score (nSPS) is 29.5. The van der Waals surface area contributed by atoms with E-state index in [1.54, 1.807) is 11.3 Å². The van der Waals surface area contributed by atoms with Gasteiger partial charge in [0.2, 0.25) is 5.91 Å². The van der Waals surface area contributed by atoms with Crippen LogP contribution in [0.1, 0.15) is 42.7 Å². The minimum absolute atomic E-state index is 0.0373. The number of carbonyl (C=O) groups excluding carboxylic acids is 1. The molecule has 5 heteroatoms. The fourth-order valence-corrected chi connectivity index (χ4v) is 4.63. The van der Waals surface area contributed by atoms with Crippen LogP contribution in [0.25, 0.3) is 0 Å². The first-order valence-electron chi connectivity index (χ1n) is 9.39. The standard InChI is InChI=1S/C21H26N2O2S/c1-21(25)11-12-23(14-17-8-5-13-26-17)18(15-6-3-2-4-7-15)19(21)22-20(24)16-9-10-16/h2-8,13,16,18-19,25H,9-12,14H2,1H3,(H,22,24). The first kappa shape index (κ1) is 17.7. The zero-order chi connectivity index (χ0) is 18.1. The molecule has 1 aliphatic heterocycles. The van der Waals surface area contributed by atoms with E-state index in [4.69, 9.17) is 0 Å². The highest BCUT2D eigenvalue weighted by Gasteiger charge is 2.47. The zero-order valence-corrected chi connectivity index (χ0v) is 15.9. The van der Waals surface area contributed by atoms with Crippen molar-refractivity contribution in [2.45, 2.75) is 50.4 Å². The first-order chi connectivity index (χ1) is 12.5. The van der Waals surface area contributed by atoms with Gasteiger partial charge < -0.3 is 10.4 Å². The smallest absolute Gasteiger partial charge is 0.223 e. The predicted molar refractivity (Wildman–Crippen MR) is 104 cm³/mol. The van der Waals surface area contributed by atoms with Crippen LogP contribution in [0.4, 0.5) is 0 Å². The Hall–Kier alpha value is -1.69. The highest BCUT2D eigenvalue weighted by atomic mass is 32.1. The Kier molecular flexibility index (Phi) is 4.86. The lowest BCUT2D eigenvalue weighted by Gasteiger charge is -2.49. The second-order valence-corrected chi connectivity index (χ2v) is 8.81. The molecule has 0 radical (unpaired) electrons. The maximum Gasteiger partial charge on any atom is 0.223 e. The van der Waals surface area contributed by atoms with Gasteiger partial charge in [0.15, 0.2) is 0 Å². The molecule has 138 valence electrons. The summed E-state index contributed by atoms with van der Waals surface area (Å²) in [4.78, 5) is 16.2. The lowest BCUT2D eigenvalue weighted by atomic mass is 9.79. The Morgan fingerprint density at radius 2 is 2.04 bits per heavy atom. The van der Waals surface area contributed by atoms with Crippen molar-refractivity contribution in [3.63, 3.8) is 0 Å². The van der Waals surface area contributed by atoms with E-state index in [2.05, 4.69) is 39.9 Å². The van der Waals surface area contributed by atoms with E-state index in [9.17, 15) is 9.90 Å². The summed E-state index contributed by atoms with van der Waals surface area (Å²) < 4.78 is 0. The maximum atomic E-state index is 12.5. The monoisotopic (exact) mass is 370 g/mol. The molecule has 2 N–H and O–H groups in total. The van der Waals surface area contributed by atoms with Crippen molar-refractivity contribution in [3.8, 4) is 0 Å². The SMILES string of the molecule is CC1(O)CCN(Cc2cccs2)C(c2ccccc2)C1NC(=O)C1CC1. The van der Waals surface area contributed by atoms with Gasteiger partial charge in [0.25, 0.3) is 0 Å². The van der Waals surface area contributed by atoms with E-state index in [-0.39, 0.29) is 23.9 Å². The predicted octanol–water partition coefficient (Wildman–Crippen LogP) is 3.34. The van der Waals surface area contributed by atoms with Crippen LogP contribution in [-0.4, -0.2) is 34.1 Å². The quantitative estimate of drug-likeness (QED) is 0.849. The Morgan fingerprint density at radius 3 is 2.69 bits per heavy atom. The molecule has 4 rings (SSSR count). The molecule has 1 amide bonds. The highest BCUT2D eigenvalue weighted by Crippen LogP contribution is 2.39. The maximum absolute atomic E-state index is 12.5. The van der Waals surface area contributed by atoms with E-state index in [0.717, 1.165) is 31.5 Å². The Bertz CT molecular complexity index is 741. The number of carbonyl (C=O) groups is 1. The fourth-order valence-electron chi connectivity index (χ4n) is 3.90. The molecule has 1 aromatic carbocycles. The molecule has 26 heavy (non-hydrogen) atoms. The van der Waals surface area contributed by atoms with Crippen LogP contribution in [0, 0.1) is 5.92 Å². The summed E-state index contributed by atoms with van der Waals surface area (Å²) >= 11 is 1.75. The van der Waals surface area contributed by atoms with Crippen LogP contribution in [0.2, 0.25) is 0 Å². The molecule has 4 nitrogen and oxygen atoms in total. The van der Waals surface area contributed by atoms with Crippen LogP contribution in [0.3, 0.4) is 0 Å². The number of nitrogens with one attached hydrogen (secondary N) is 1. The van der Waals surface area contributed by atoms with Gasteiger partial charge in [-0.1, -0.05) is 36.4 Å². The van der Waals surface area contributed by atoms with Gasteiger partial charge in [0, 0.05) is 23.9 Å². The number of benzene rings is 1. The van der Waals surface area contributed by atoms with E-state index in [1.165, 1.54) is 4.88 Å². The van der Waals surface area contributed by atoms with Gasteiger partial charge >= 0.3 is 0 Å². The Labute approximate surface area is 158 Å². The Balaban J connectivity index is 1.66. The van der Waals surface area contributed by atoms with Crippen LogP contribution >= 0.6 is 11.3 Å². The van der Waals surface area contributed by atoms with Gasteiger partial charge in [-0.15, -0.1) is 11.3 Å². The molecule has 3 atom stereocenters. The van der Waals surface area contributed by atoms with Crippen molar-refractivity contribution in [2.24, 2.45) is 5.92 Å². The largest absolute Gasteiger partial charge is 0.388 e. The molecule has 1 aromatic heterocycles. The van der Waals surface area contributed by atoms with E-state index < -0.39 is 5.60 Å². The molecule has 1 saturated heterocycles. The third-order valence-corrected chi connectivity index (χ3v) is 6.47. The topological polar surface area (TPSA) is 52.6 Å². The second kappa shape index (κ2) is 7.14. The van der Waals surface area contributed by atoms with Gasteiger partial charge in [0.05, 0.1) is 17.7 Å². The number of piperidine rings is 1. The number of thiophene rings is 1. The molecule has 2 aliphatic rings. The lowest BCUT2D eigenvalue weighted by molar-refractivity contribution is -0.129. The summed E-state index contributed by atoms with van der Waals surface area (Å²) in [5.74, 6) is 0.226. The molecule has 1 saturated carbocycles. The van der Waals surface area contributed by atoms with Crippen molar-refractivity contribution in [1.29, 1.82) is 0 Å². The molecule has 3 unspecified atom stereocenters. The summed E-state index contributed by atoms with van der Waals surface area (Å²) in [6.45, 7) is 3.51. The molecular formula is C21H26N2O2S. The summed E-state index contributed by atoms with van der Waals surface area (Å²) in [5.41, 5.74) is 0.224. The first-order valence-corrected chi connectivity index (χ1v) is 10.3. The van der Waals surface area contributed by atoms with E-state index >= 15 is 0 Å². The summed E-state index contributed by atoms with van der Waals surface area (Å²) in [6.07, 6.45) is 2.59. The molecule has 0 spiro atoms. The summed E-state index contributed by atoms with van der Waals surface area (Å²) in [5, 5.41) is 16.4. The van der Waals surface area contributed by atoms with E-state index in [1.807, 2.05) is 25.1 Å². The van der Waals surface area contributed by atoms with Crippen molar-refractivity contribution >= 4 is 17.2 Å². The minimum Gasteiger partial charge on any atom is -0.388 e. The van der Waals surface area contributed by atoms with E-state index in [0.29, 0.717) is 6.42 Å². The second-order valence-electron chi connectivity index (χ2n) is 7.77. The van der Waals surface area contributed by atoms with Crippen molar-refractivity contribution in [3.05, 3.63) is 58.3 Å². The third-order valence-electron chi connectivity index (χ3n) is 5.61. The van der Waals surface area contributed by atoms with Gasteiger partial charge in [-0.2, -0.15) is 0 Å². The molecule has 2 heterocycles. The van der Waals surface area contributed by atoms with Crippen LogP contribution in [0.15, 0.2) is 47.8 Å². The molecule has 2 fully saturated rings. The fraction of sp³-hybridized carbons (Fsp3) is 0.476. The zero-order valence-electron chi connectivity index (χ0n) is 15.1. The number of likely N-dealkylation sites (tertiary alicyclic amines) is 1. The van der Waals surface area contributed by atoms with Crippen molar-refractivity contribution < 1.29 is 9.90 Å². The molecule has 0 bridgehead atoms. The van der Waals surface area contributed by atoms with Crippen LogP contribution < -0.4 is 5.32 Å². The third kappa shape index (κ3) is 3.70. The molecule has 2 aromatic rings. The number of hydrogen-bond donors (Lipinski definition) is 2. The van der Waals surface area contributed by atoms with Gasteiger partial charge in [-0.3, -0.25) is 9.69 Å². The molecule has 1 aliphatic carbocycles. The highest BCUT2D eigenvalue weighted by molar-refractivity contribution is 7.09.